The molecule has 0 spiro atoms. The van der Waals surface area contributed by atoms with E-state index in [1.165, 1.54) is 0 Å². The van der Waals surface area contributed by atoms with E-state index in [1.807, 2.05) is 25.1 Å². The first-order valence-electron chi connectivity index (χ1n) is 6.90. The van der Waals surface area contributed by atoms with Crippen LogP contribution in [0.4, 0.5) is 0 Å². The van der Waals surface area contributed by atoms with Crippen molar-refractivity contribution in [3.63, 3.8) is 0 Å². The highest BCUT2D eigenvalue weighted by Crippen LogP contribution is 2.34. The summed E-state index contributed by atoms with van der Waals surface area (Å²) in [6, 6.07) is 5.72. The number of halogens is 1. The van der Waals surface area contributed by atoms with Crippen molar-refractivity contribution < 1.29 is 9.47 Å². The summed E-state index contributed by atoms with van der Waals surface area (Å²) in [6.45, 7) is 6.16. The summed E-state index contributed by atoms with van der Waals surface area (Å²) in [5.74, 6) is 2.49. The number of imidazole rings is 1. The Kier molecular flexibility index (Phi) is 4.78. The Morgan fingerprint density at radius 3 is 2.38 bits per heavy atom. The average molecular weight is 309 g/mol. The fraction of sp³-hybridized carbons (Fsp3) is 0.438. The predicted octanol–water partition coefficient (Wildman–Crippen LogP) is 4.34. The number of aryl methyl sites for hydroxylation is 1. The van der Waals surface area contributed by atoms with Gasteiger partial charge < -0.3 is 14.5 Å². The van der Waals surface area contributed by atoms with Gasteiger partial charge in [-0.2, -0.15) is 0 Å². The lowest BCUT2D eigenvalue weighted by atomic mass is 10.1. The number of methoxy groups -OCH3 is 2. The van der Waals surface area contributed by atoms with Crippen LogP contribution in [0.25, 0.3) is 11.4 Å². The van der Waals surface area contributed by atoms with Gasteiger partial charge in [0.2, 0.25) is 0 Å². The van der Waals surface area contributed by atoms with Crippen LogP contribution < -0.4 is 9.47 Å². The third-order valence-electron chi connectivity index (χ3n) is 3.43. The fourth-order valence-electron chi connectivity index (χ4n) is 2.18. The number of hydrogen-bond donors (Lipinski definition) is 1. The molecule has 114 valence electrons. The number of hydrogen-bond acceptors (Lipinski definition) is 3. The lowest BCUT2D eigenvalue weighted by Gasteiger charge is -2.11. The molecule has 1 heterocycles. The minimum Gasteiger partial charge on any atom is -0.493 e. The van der Waals surface area contributed by atoms with Gasteiger partial charge in [0.05, 0.1) is 25.3 Å². The van der Waals surface area contributed by atoms with E-state index in [2.05, 4.69) is 23.8 Å². The van der Waals surface area contributed by atoms with E-state index in [-0.39, 0.29) is 5.38 Å². The molecule has 0 amide bonds. The van der Waals surface area contributed by atoms with Crippen LogP contribution in [-0.2, 0) is 0 Å². The van der Waals surface area contributed by atoms with Crippen molar-refractivity contribution in [1.29, 1.82) is 0 Å². The van der Waals surface area contributed by atoms with Gasteiger partial charge in [0.15, 0.2) is 11.5 Å². The summed E-state index contributed by atoms with van der Waals surface area (Å²) in [4.78, 5) is 7.94. The maximum absolute atomic E-state index is 6.43. The first-order chi connectivity index (χ1) is 9.97. The highest BCUT2D eigenvalue weighted by molar-refractivity contribution is 6.20. The van der Waals surface area contributed by atoms with Gasteiger partial charge in [-0.1, -0.05) is 13.8 Å². The van der Waals surface area contributed by atoms with Crippen LogP contribution in [0.5, 0.6) is 11.5 Å². The SMILES string of the molecule is COc1ccc(-c2nc(C(Cl)C(C)C)c(C)[nH]2)cc1OC. The summed E-state index contributed by atoms with van der Waals surface area (Å²) in [6.07, 6.45) is 0. The third-order valence-corrected chi connectivity index (χ3v) is 4.14. The molecule has 4 nitrogen and oxygen atoms in total. The van der Waals surface area contributed by atoms with E-state index in [4.69, 9.17) is 21.1 Å². The molecule has 5 heteroatoms. The van der Waals surface area contributed by atoms with Gasteiger partial charge in [-0.05, 0) is 31.0 Å². The van der Waals surface area contributed by atoms with Crippen LogP contribution in [-0.4, -0.2) is 24.2 Å². The number of H-pyrrole nitrogens is 1. The molecule has 0 aliphatic rings. The molecule has 2 aromatic rings. The molecule has 1 aromatic carbocycles. The van der Waals surface area contributed by atoms with Crippen LogP contribution in [0, 0.1) is 12.8 Å². The first kappa shape index (κ1) is 15.7. The van der Waals surface area contributed by atoms with Crippen LogP contribution in [0.3, 0.4) is 0 Å². The fourth-order valence-corrected chi connectivity index (χ4v) is 2.39. The number of aromatic nitrogens is 2. The molecule has 0 fully saturated rings. The largest absolute Gasteiger partial charge is 0.493 e. The van der Waals surface area contributed by atoms with E-state index < -0.39 is 0 Å². The van der Waals surface area contributed by atoms with Gasteiger partial charge in [-0.3, -0.25) is 0 Å². The molecular formula is C16H21ClN2O2. The van der Waals surface area contributed by atoms with Gasteiger partial charge >= 0.3 is 0 Å². The van der Waals surface area contributed by atoms with E-state index in [0.717, 1.165) is 22.8 Å². The van der Waals surface area contributed by atoms with Gasteiger partial charge in [0, 0.05) is 11.3 Å². The highest BCUT2D eigenvalue weighted by Gasteiger charge is 2.20. The van der Waals surface area contributed by atoms with E-state index in [1.54, 1.807) is 14.2 Å². The predicted molar refractivity (Wildman–Crippen MR) is 85.3 cm³/mol. The van der Waals surface area contributed by atoms with Gasteiger partial charge in [-0.25, -0.2) is 4.98 Å². The van der Waals surface area contributed by atoms with Crippen molar-refractivity contribution in [2.75, 3.05) is 14.2 Å². The first-order valence-corrected chi connectivity index (χ1v) is 7.34. The Hall–Kier alpha value is -1.68. The summed E-state index contributed by atoms with van der Waals surface area (Å²) >= 11 is 6.43. The number of nitrogens with zero attached hydrogens (tertiary/aromatic N) is 1. The third kappa shape index (κ3) is 3.16. The second-order valence-electron chi connectivity index (χ2n) is 5.31. The Morgan fingerprint density at radius 1 is 1.14 bits per heavy atom. The standard InChI is InChI=1S/C16H21ClN2O2/c1-9(2)14(17)15-10(3)18-16(19-15)11-6-7-12(20-4)13(8-11)21-5/h6-9,14H,1-5H3,(H,18,19). The van der Waals surface area contributed by atoms with E-state index in [9.17, 15) is 0 Å². The molecular weight excluding hydrogens is 288 g/mol. The quantitative estimate of drug-likeness (QED) is 0.836. The Bertz CT molecular complexity index is 623. The zero-order valence-corrected chi connectivity index (χ0v) is 13.8. The summed E-state index contributed by atoms with van der Waals surface area (Å²) in [5, 5.41) is -0.102. The maximum Gasteiger partial charge on any atom is 0.161 e. The van der Waals surface area contributed by atoms with Crippen molar-refractivity contribution in [2.45, 2.75) is 26.1 Å². The van der Waals surface area contributed by atoms with Gasteiger partial charge in [0.1, 0.15) is 5.82 Å². The molecule has 21 heavy (non-hydrogen) atoms. The minimum atomic E-state index is -0.102. The van der Waals surface area contributed by atoms with Crippen molar-refractivity contribution in [3.05, 3.63) is 29.6 Å². The second-order valence-corrected chi connectivity index (χ2v) is 5.78. The lowest BCUT2D eigenvalue weighted by molar-refractivity contribution is 0.355. The van der Waals surface area contributed by atoms with Crippen LogP contribution in [0.2, 0.25) is 0 Å². The number of rotatable bonds is 5. The summed E-state index contributed by atoms with van der Waals surface area (Å²) in [7, 11) is 3.24. The number of alkyl halides is 1. The van der Waals surface area contributed by atoms with Crippen molar-refractivity contribution in [1.82, 2.24) is 9.97 Å². The zero-order chi connectivity index (χ0) is 15.6. The number of nitrogens with one attached hydrogen (secondary N) is 1. The van der Waals surface area contributed by atoms with E-state index >= 15 is 0 Å². The van der Waals surface area contributed by atoms with Crippen molar-refractivity contribution in [3.8, 4) is 22.9 Å². The monoisotopic (exact) mass is 308 g/mol. The molecule has 1 N–H and O–H groups in total. The molecule has 1 unspecified atom stereocenters. The lowest BCUT2D eigenvalue weighted by Crippen LogP contribution is -2.01. The van der Waals surface area contributed by atoms with E-state index in [0.29, 0.717) is 17.4 Å². The van der Waals surface area contributed by atoms with Gasteiger partial charge in [-0.15, -0.1) is 11.6 Å². The smallest absolute Gasteiger partial charge is 0.161 e. The molecule has 1 atom stereocenters. The van der Waals surface area contributed by atoms with Crippen molar-refractivity contribution >= 4 is 11.6 Å². The Labute approximate surface area is 130 Å². The normalized spacial score (nSPS) is 12.5. The molecule has 0 bridgehead atoms. The number of aromatic amines is 1. The van der Waals surface area contributed by atoms with Crippen molar-refractivity contribution in [2.24, 2.45) is 5.92 Å². The molecule has 2 rings (SSSR count). The highest BCUT2D eigenvalue weighted by atomic mass is 35.5. The molecule has 0 saturated heterocycles. The molecule has 0 aliphatic heterocycles. The average Bonchev–Trinajstić information content (AvgIpc) is 2.87. The second kappa shape index (κ2) is 6.39. The van der Waals surface area contributed by atoms with Crippen LogP contribution in [0.1, 0.15) is 30.6 Å². The van der Waals surface area contributed by atoms with Crippen LogP contribution >= 0.6 is 11.6 Å². The number of benzene rings is 1. The maximum atomic E-state index is 6.43. The summed E-state index contributed by atoms with van der Waals surface area (Å²) in [5.41, 5.74) is 2.83. The molecule has 0 aliphatic carbocycles. The zero-order valence-electron chi connectivity index (χ0n) is 13.0. The van der Waals surface area contributed by atoms with Gasteiger partial charge in [0.25, 0.3) is 0 Å². The van der Waals surface area contributed by atoms with Crippen LogP contribution in [0.15, 0.2) is 18.2 Å². The minimum absolute atomic E-state index is 0.102. The molecule has 0 saturated carbocycles. The topological polar surface area (TPSA) is 47.1 Å². The molecule has 1 aromatic heterocycles. The Balaban J connectivity index is 2.41. The Morgan fingerprint density at radius 2 is 1.81 bits per heavy atom. The molecule has 0 radical (unpaired) electrons. The summed E-state index contributed by atoms with van der Waals surface area (Å²) < 4.78 is 10.6. The number of ether oxygens (including phenoxy) is 2.